The highest BCUT2D eigenvalue weighted by molar-refractivity contribution is 6.12. The van der Waals surface area contributed by atoms with Crippen LogP contribution in [0.4, 0.5) is 0 Å². The summed E-state index contributed by atoms with van der Waals surface area (Å²) in [6.07, 6.45) is -28.4. The number of ether oxygens (including phenoxy) is 13. The van der Waals surface area contributed by atoms with Crippen LogP contribution in [-0.4, -0.2) is 282 Å². The SMILES string of the molecule is O=C(OC[C@H]1O[C@@H](OC(=O)c2cc(O)c(O)c(O)c2)[C@@H]2OC(=O)c3cc(O)c(O)c(O)c3-c3c(cc(O)c(O)c3O)C(=O)O[C@H]2[C@@H]1OC(=O)c1cc(O)c(O)c(O)c1Oc1cc2c(c(O)c1O)-c1c(cc(O)c(O)c1O)C(=O)O[C@@H]1[C@@H]3OC(=O)c4cc(O)c(O)c(O)c4-c4c(cc(O)c(O)c4O)C(=O)O[C@@H]3[C@H](OC(=O)c3cc(O)c(O)c(O)c3)O[C@@H]1COC2=O)c1cc(O)c(O)c(O)c1. The molecule has 0 aromatic heterocycles. The van der Waals surface area contributed by atoms with E-state index < -0.39 is 402 Å². The maximum absolute atomic E-state index is 15.6. The Bertz CT molecular complexity index is 6800. The van der Waals surface area contributed by atoms with Gasteiger partial charge in [-0.3, -0.25) is 0 Å². The van der Waals surface area contributed by atoms with Crippen LogP contribution < -0.4 is 4.74 Å². The van der Waals surface area contributed by atoms with Gasteiger partial charge in [0.2, 0.25) is 70.8 Å². The van der Waals surface area contributed by atoms with Gasteiger partial charge < -0.3 is 210 Å². The average Bonchev–Trinajstić information content (AvgIpc) is 0.942. The minimum atomic E-state index is -3.01. The molecule has 5 heterocycles. The Morgan fingerprint density at radius 2 is 0.567 bits per heavy atom. The first-order valence-electron chi connectivity index (χ1n) is 37.1. The molecule has 0 spiro atoms. The molecule has 134 heavy (non-hydrogen) atoms. The molecule has 0 amide bonds. The summed E-state index contributed by atoms with van der Waals surface area (Å²) in [5, 5.41) is 319. The van der Waals surface area contributed by atoms with Crippen molar-refractivity contribution < 1.29 is 258 Å². The summed E-state index contributed by atoms with van der Waals surface area (Å²) in [7, 11) is 0. The number of rotatable bonds is 11. The molecular formula is C82H56O52. The van der Waals surface area contributed by atoms with Gasteiger partial charge in [-0.2, -0.15) is 0 Å². The molecule has 0 aliphatic carbocycles. The highest BCUT2D eigenvalue weighted by Gasteiger charge is 2.59. The van der Waals surface area contributed by atoms with Crippen LogP contribution in [0.1, 0.15) is 104 Å². The Hall–Kier alpha value is -19.2. The summed E-state index contributed by atoms with van der Waals surface area (Å²) < 4.78 is 74.5. The van der Waals surface area contributed by atoms with Gasteiger partial charge in [-0.25, -0.2) is 47.9 Å². The summed E-state index contributed by atoms with van der Waals surface area (Å²) in [5.74, 6) is -67.4. The fourth-order valence-electron chi connectivity index (χ4n) is 14.5. The summed E-state index contributed by atoms with van der Waals surface area (Å²) in [6.45, 7) is -3.30. The first-order chi connectivity index (χ1) is 63.1. The van der Waals surface area contributed by atoms with E-state index in [2.05, 4.69) is 0 Å². The van der Waals surface area contributed by atoms with Crippen molar-refractivity contribution >= 4 is 59.7 Å². The molecular weight excluding hydrogens is 1820 g/mol. The number of carbonyl (C=O) groups excluding carboxylic acids is 10. The van der Waals surface area contributed by atoms with Crippen LogP contribution in [0.2, 0.25) is 0 Å². The number of cyclic esters (lactones) is 1. The number of benzene rings is 10. The van der Waals surface area contributed by atoms with Gasteiger partial charge in [-0.05, 0) is 66.7 Å². The number of aromatic hydroxyl groups is 29. The molecule has 10 atom stereocenters. The highest BCUT2D eigenvalue weighted by Crippen LogP contribution is 2.60. The van der Waals surface area contributed by atoms with Gasteiger partial charge in [0.1, 0.15) is 31.0 Å². The summed E-state index contributed by atoms with van der Waals surface area (Å²) in [5.41, 5.74) is -20.8. The zero-order valence-electron chi connectivity index (χ0n) is 65.6. The minimum absolute atomic E-state index is 0.0765. The number of phenols is 29. The first-order valence-corrected chi connectivity index (χ1v) is 37.1. The number of hydrogen-bond donors (Lipinski definition) is 29. The molecule has 5 aliphatic heterocycles. The fraction of sp³-hybridized carbons (Fsp3) is 0.146. The Balaban J connectivity index is 0.865. The Kier molecular flexibility index (Phi) is 22.0. The van der Waals surface area contributed by atoms with Crippen molar-refractivity contribution in [2.24, 2.45) is 0 Å². The van der Waals surface area contributed by atoms with Gasteiger partial charge in [-0.1, -0.05) is 0 Å². The molecule has 0 bridgehead atoms. The van der Waals surface area contributed by atoms with E-state index in [-0.39, 0.29) is 36.4 Å². The Labute approximate surface area is 735 Å². The third-order valence-electron chi connectivity index (χ3n) is 21.0. The standard InChI is InChI=1S/C82H56O52/c83-26-1-16(2-27(84)47(26)95)71(112)122-14-39-66(68-70(81(125-39)133-72(113)17-3-28(85)48(96)29(86)4-17)132-79(120)23-11-36(93)53(101)60(108)44(23)42-21(77(118)130-68)9-34(91)51(99)58(42)106)128-80(121)25-12-37(94)55(103)63(111)64(25)124-38-13-24-46(62(110)56(38)104)45-19(7-32(89)54(102)61(45)109)75(116)127-65-40(15-123-74(24)115)126-82(134-73(114)18-5-30(87)49(97)31(88)6-18)69-67(65)129-76(117)20-8-33(90)50(98)57(105)41(20)43-22(78(119)131-69)10-35(92)52(100)59(43)107/h1-13,39-40,65-70,81-111H,14-15H2/t39-,40-,65+,66-,67+,68+,69+,70-,81+,82+/m1/s1. The molecule has 2 fully saturated rings. The predicted octanol–water partition coefficient (Wildman–Crippen LogP) is 3.71. The maximum Gasteiger partial charge on any atom is 0.342 e. The summed E-state index contributed by atoms with van der Waals surface area (Å²) >= 11 is 0. The minimum Gasteiger partial charge on any atom is -0.504 e. The van der Waals surface area contributed by atoms with Gasteiger partial charge in [-0.15, -0.1) is 0 Å². The normalized spacial score (nSPS) is 19.5. The predicted molar refractivity (Wildman–Crippen MR) is 414 cm³/mol. The number of esters is 10. The van der Waals surface area contributed by atoms with E-state index >= 15 is 28.8 Å². The third-order valence-corrected chi connectivity index (χ3v) is 21.0. The molecule has 696 valence electrons. The van der Waals surface area contributed by atoms with Crippen LogP contribution in [-0.2, 0) is 56.8 Å². The highest BCUT2D eigenvalue weighted by atomic mass is 16.8. The molecule has 52 nitrogen and oxygen atoms in total. The lowest BCUT2D eigenvalue weighted by atomic mass is 9.91. The van der Waals surface area contributed by atoms with E-state index in [0.29, 0.717) is 42.5 Å². The van der Waals surface area contributed by atoms with Gasteiger partial charge in [0.05, 0.1) is 50.1 Å². The Morgan fingerprint density at radius 1 is 0.276 bits per heavy atom. The second kappa shape index (κ2) is 32.9. The van der Waals surface area contributed by atoms with E-state index in [0.717, 1.165) is 0 Å². The number of hydrogen-bond acceptors (Lipinski definition) is 52. The maximum atomic E-state index is 15.6. The van der Waals surface area contributed by atoms with E-state index in [9.17, 15) is 167 Å². The van der Waals surface area contributed by atoms with Gasteiger partial charge in [0.25, 0.3) is 0 Å². The lowest BCUT2D eigenvalue weighted by molar-refractivity contribution is -0.283. The van der Waals surface area contributed by atoms with E-state index in [1.54, 1.807) is 0 Å². The molecule has 5 aliphatic rings. The average molecular weight is 1870 g/mol. The number of phenolic OH excluding ortho intramolecular Hbond substituents is 29. The van der Waals surface area contributed by atoms with Crippen molar-refractivity contribution in [2.45, 2.75) is 61.4 Å². The van der Waals surface area contributed by atoms with Crippen LogP contribution in [0, 0.1) is 0 Å². The molecule has 52 heteroatoms. The van der Waals surface area contributed by atoms with Crippen LogP contribution in [0.25, 0.3) is 33.4 Å². The van der Waals surface area contributed by atoms with E-state index in [4.69, 9.17) is 61.6 Å². The fourth-order valence-corrected chi connectivity index (χ4v) is 14.5. The molecule has 2 saturated heterocycles. The zero-order chi connectivity index (χ0) is 97.5. The van der Waals surface area contributed by atoms with Crippen molar-refractivity contribution in [3.8, 4) is 212 Å². The molecule has 0 saturated carbocycles. The van der Waals surface area contributed by atoms with Crippen molar-refractivity contribution in [1.29, 1.82) is 0 Å². The van der Waals surface area contributed by atoms with Gasteiger partial charge in [0, 0.05) is 45.5 Å². The molecule has 0 radical (unpaired) electrons. The topological polar surface area (TPSA) is 877 Å². The smallest absolute Gasteiger partial charge is 0.342 e. The van der Waals surface area contributed by atoms with Crippen LogP contribution in [0.15, 0.2) is 78.9 Å². The van der Waals surface area contributed by atoms with Crippen molar-refractivity contribution in [3.05, 3.63) is 134 Å². The van der Waals surface area contributed by atoms with Crippen LogP contribution >= 0.6 is 0 Å². The van der Waals surface area contributed by atoms with Crippen molar-refractivity contribution in [1.82, 2.24) is 0 Å². The Morgan fingerprint density at radius 3 is 0.940 bits per heavy atom. The van der Waals surface area contributed by atoms with E-state index in [1.165, 1.54) is 0 Å². The quantitative estimate of drug-likeness (QED) is 0.0498. The first kappa shape index (κ1) is 89.6. The molecule has 0 unspecified atom stereocenters. The van der Waals surface area contributed by atoms with Gasteiger partial charge in [0.15, 0.2) is 157 Å². The molecule has 29 N–H and O–H groups in total. The summed E-state index contributed by atoms with van der Waals surface area (Å²) in [4.78, 5) is 149. The second-order valence-corrected chi connectivity index (χ2v) is 29.0. The van der Waals surface area contributed by atoms with Crippen molar-refractivity contribution in [3.63, 3.8) is 0 Å². The van der Waals surface area contributed by atoms with Gasteiger partial charge >= 0.3 is 59.7 Å². The van der Waals surface area contributed by atoms with Crippen LogP contribution in [0.3, 0.4) is 0 Å². The lowest BCUT2D eigenvalue weighted by Crippen LogP contribution is -2.63. The zero-order valence-corrected chi connectivity index (χ0v) is 65.6. The molecule has 15 rings (SSSR count). The second-order valence-electron chi connectivity index (χ2n) is 29.0. The number of fused-ring (bicyclic) bond motifs is 13. The van der Waals surface area contributed by atoms with E-state index in [1.807, 2.05) is 0 Å². The molecule has 10 aromatic rings. The van der Waals surface area contributed by atoms with Crippen molar-refractivity contribution in [2.75, 3.05) is 13.2 Å². The third kappa shape index (κ3) is 15.0. The largest absolute Gasteiger partial charge is 0.504 e. The number of carbonyl (C=O) groups is 10. The lowest BCUT2D eigenvalue weighted by Gasteiger charge is -2.44. The summed E-state index contributed by atoms with van der Waals surface area (Å²) in [6, 6.07) is 4.08. The monoisotopic (exact) mass is 1870 g/mol. The van der Waals surface area contributed by atoms with Crippen LogP contribution in [0.5, 0.6) is 178 Å². The molecule has 10 aromatic carbocycles.